The molecule has 0 aliphatic carbocycles. The van der Waals surface area contributed by atoms with E-state index in [0.29, 0.717) is 25.7 Å². The van der Waals surface area contributed by atoms with Crippen LogP contribution >= 0.6 is 0 Å². The lowest BCUT2D eigenvalue weighted by Gasteiger charge is -2.22. The number of likely N-dealkylation sites (tertiary alicyclic amines) is 1. The number of aliphatic hydroxyl groups excluding tert-OH is 1. The van der Waals surface area contributed by atoms with E-state index in [9.17, 15) is 23.5 Å². The Hall–Kier alpha value is -2.28. The molecular formula is C25H35F2NO4. The Morgan fingerprint density at radius 1 is 1.19 bits per heavy atom. The number of carboxylic acids is 1. The molecule has 32 heavy (non-hydrogen) atoms. The first-order valence-electron chi connectivity index (χ1n) is 11.5. The minimum Gasteiger partial charge on any atom is -0.481 e. The molecule has 1 saturated heterocycles. The predicted octanol–water partition coefficient (Wildman–Crippen LogP) is 4.83. The van der Waals surface area contributed by atoms with Gasteiger partial charge >= 0.3 is 11.9 Å². The number of alkyl halides is 2. The Bertz CT molecular complexity index is 754. The molecule has 3 atom stereocenters. The number of aryl methyl sites for hydroxylation is 1. The van der Waals surface area contributed by atoms with Gasteiger partial charge in [0.05, 0.1) is 12.1 Å². The van der Waals surface area contributed by atoms with Gasteiger partial charge in [0.25, 0.3) is 5.91 Å². The zero-order valence-electron chi connectivity index (χ0n) is 18.8. The highest BCUT2D eigenvalue weighted by molar-refractivity contribution is 5.86. The van der Waals surface area contributed by atoms with Gasteiger partial charge in [0.2, 0.25) is 0 Å². The van der Waals surface area contributed by atoms with E-state index in [1.807, 2.05) is 25.1 Å². The number of halogens is 2. The highest BCUT2D eigenvalue weighted by Gasteiger charge is 2.52. The van der Waals surface area contributed by atoms with E-state index in [2.05, 4.69) is 12.1 Å². The molecule has 1 aliphatic heterocycles. The Morgan fingerprint density at radius 3 is 2.56 bits per heavy atom. The lowest BCUT2D eigenvalue weighted by Crippen LogP contribution is -2.36. The van der Waals surface area contributed by atoms with E-state index in [1.165, 1.54) is 10.5 Å². The van der Waals surface area contributed by atoms with Gasteiger partial charge in [0, 0.05) is 19.4 Å². The first-order valence-corrected chi connectivity index (χ1v) is 11.5. The monoisotopic (exact) mass is 451 g/mol. The average Bonchev–Trinajstić information content (AvgIpc) is 2.97. The Kier molecular flexibility index (Phi) is 10.3. The van der Waals surface area contributed by atoms with Gasteiger partial charge in [-0.3, -0.25) is 9.59 Å². The maximum Gasteiger partial charge on any atom is 0.327 e. The normalized spacial score (nSPS) is 20.1. The van der Waals surface area contributed by atoms with Gasteiger partial charge in [-0.2, -0.15) is 8.78 Å². The van der Waals surface area contributed by atoms with Crippen molar-refractivity contribution in [2.24, 2.45) is 5.92 Å². The van der Waals surface area contributed by atoms with Crippen LogP contribution in [0.3, 0.4) is 0 Å². The molecule has 2 N–H and O–H groups in total. The summed E-state index contributed by atoms with van der Waals surface area (Å²) in [5.41, 5.74) is 1.25. The zero-order valence-corrected chi connectivity index (χ0v) is 18.8. The van der Waals surface area contributed by atoms with Crippen LogP contribution < -0.4 is 0 Å². The summed E-state index contributed by atoms with van der Waals surface area (Å²) in [4.78, 5) is 23.8. The number of benzene rings is 1. The number of hydrogen-bond donors (Lipinski definition) is 2. The summed E-state index contributed by atoms with van der Waals surface area (Å²) in [7, 11) is 0. The van der Waals surface area contributed by atoms with Crippen molar-refractivity contribution in [3.05, 3.63) is 48.0 Å². The summed E-state index contributed by atoms with van der Waals surface area (Å²) in [6, 6.07) is 9.37. The minimum atomic E-state index is -3.38. The molecule has 0 saturated carbocycles. The largest absolute Gasteiger partial charge is 0.481 e. The van der Waals surface area contributed by atoms with Crippen molar-refractivity contribution < 1.29 is 28.6 Å². The number of carboxylic acid groups (broad SMARTS) is 1. The molecule has 1 aromatic rings. The van der Waals surface area contributed by atoms with E-state index in [4.69, 9.17) is 5.11 Å². The number of nitrogens with zero attached hydrogens (tertiary/aromatic N) is 1. The number of hydrogen-bond acceptors (Lipinski definition) is 3. The Morgan fingerprint density at radius 2 is 1.88 bits per heavy atom. The van der Waals surface area contributed by atoms with Crippen molar-refractivity contribution in [3.63, 3.8) is 0 Å². The topological polar surface area (TPSA) is 77.8 Å². The molecule has 5 nitrogen and oxygen atoms in total. The maximum absolute atomic E-state index is 14.0. The Balaban J connectivity index is 1.81. The molecule has 1 aromatic carbocycles. The van der Waals surface area contributed by atoms with Crippen molar-refractivity contribution in [1.29, 1.82) is 0 Å². The van der Waals surface area contributed by atoms with Crippen LogP contribution in [-0.4, -0.2) is 51.6 Å². The van der Waals surface area contributed by atoms with Crippen LogP contribution in [0.2, 0.25) is 0 Å². The van der Waals surface area contributed by atoms with Crippen LogP contribution in [0.15, 0.2) is 42.5 Å². The molecule has 1 heterocycles. The second kappa shape index (κ2) is 12.7. The third kappa shape index (κ3) is 8.34. The number of carbonyl (C=O) groups excluding carboxylic acids is 1. The van der Waals surface area contributed by atoms with Crippen LogP contribution in [-0.2, 0) is 16.0 Å². The standard InChI is InChI=1S/C25H35F2NO4/c1-19(10-9-13-20-11-5-4-6-12-20)22(29)16-15-21-18-25(26,27)24(32)28(21)17-8-3-2-7-14-23(30)31/h4-6,11-12,15-16,19,21-22,29H,2-3,7-10,13-14,17-18H2,1H3,(H,30,31)/b16-15+. The Labute approximate surface area is 189 Å². The minimum absolute atomic E-state index is 0.0183. The molecule has 0 radical (unpaired) electrons. The molecule has 0 aromatic heterocycles. The van der Waals surface area contributed by atoms with Gasteiger partial charge < -0.3 is 15.1 Å². The summed E-state index contributed by atoms with van der Waals surface area (Å²) >= 11 is 0. The van der Waals surface area contributed by atoms with E-state index in [0.717, 1.165) is 19.3 Å². The van der Waals surface area contributed by atoms with Crippen molar-refractivity contribution in [3.8, 4) is 0 Å². The summed E-state index contributed by atoms with van der Waals surface area (Å²) in [6.07, 6.45) is 6.95. The zero-order chi connectivity index (χ0) is 23.6. The predicted molar refractivity (Wildman–Crippen MR) is 119 cm³/mol. The SMILES string of the molecule is CC(CCCc1ccccc1)C(O)/C=C/C1CC(F)(F)C(=O)N1CCCCCCC(=O)O. The molecule has 178 valence electrons. The number of unbranched alkanes of at least 4 members (excludes halogenated alkanes) is 3. The summed E-state index contributed by atoms with van der Waals surface area (Å²) in [5, 5.41) is 19.1. The third-order valence-electron chi connectivity index (χ3n) is 6.06. The lowest BCUT2D eigenvalue weighted by atomic mass is 9.95. The molecule has 3 unspecified atom stereocenters. The van der Waals surface area contributed by atoms with E-state index >= 15 is 0 Å². The van der Waals surface area contributed by atoms with Gasteiger partial charge in [0.1, 0.15) is 0 Å². The van der Waals surface area contributed by atoms with Gasteiger partial charge in [-0.05, 0) is 43.6 Å². The van der Waals surface area contributed by atoms with Crippen molar-refractivity contribution >= 4 is 11.9 Å². The second-order valence-corrected chi connectivity index (χ2v) is 8.76. The molecule has 0 bridgehead atoms. The fraction of sp³-hybridized carbons (Fsp3) is 0.600. The van der Waals surface area contributed by atoms with Crippen LogP contribution in [0.4, 0.5) is 8.78 Å². The number of amides is 1. The van der Waals surface area contributed by atoms with Crippen molar-refractivity contribution in [1.82, 2.24) is 4.90 Å². The fourth-order valence-corrected chi connectivity index (χ4v) is 4.05. The maximum atomic E-state index is 14.0. The number of rotatable bonds is 14. The molecule has 7 heteroatoms. The molecule has 2 rings (SSSR count). The smallest absolute Gasteiger partial charge is 0.327 e. The van der Waals surface area contributed by atoms with Gasteiger partial charge in [0.15, 0.2) is 0 Å². The molecule has 1 fully saturated rings. The summed E-state index contributed by atoms with van der Waals surface area (Å²) < 4.78 is 28.0. The van der Waals surface area contributed by atoms with Crippen molar-refractivity contribution in [2.75, 3.05) is 6.54 Å². The number of aliphatic carboxylic acids is 1. The van der Waals surface area contributed by atoms with Crippen molar-refractivity contribution in [2.45, 2.75) is 82.8 Å². The highest BCUT2D eigenvalue weighted by Crippen LogP contribution is 2.34. The van der Waals surface area contributed by atoms with Crippen LogP contribution in [0.25, 0.3) is 0 Å². The molecule has 0 spiro atoms. The van der Waals surface area contributed by atoms with Crippen LogP contribution in [0, 0.1) is 5.92 Å². The van der Waals surface area contributed by atoms with Crippen LogP contribution in [0.1, 0.15) is 63.9 Å². The summed E-state index contributed by atoms with van der Waals surface area (Å²) in [5.74, 6) is -5.42. The lowest BCUT2D eigenvalue weighted by molar-refractivity contribution is -0.148. The second-order valence-electron chi connectivity index (χ2n) is 8.76. The van der Waals surface area contributed by atoms with Gasteiger partial charge in [-0.25, -0.2) is 0 Å². The van der Waals surface area contributed by atoms with Gasteiger partial charge in [-0.15, -0.1) is 0 Å². The average molecular weight is 452 g/mol. The molecule has 1 amide bonds. The van der Waals surface area contributed by atoms with Gasteiger partial charge in [-0.1, -0.05) is 62.2 Å². The first-order chi connectivity index (χ1) is 15.2. The van der Waals surface area contributed by atoms with E-state index in [1.54, 1.807) is 12.2 Å². The number of carbonyl (C=O) groups is 2. The number of aliphatic hydroxyl groups is 1. The molecular weight excluding hydrogens is 416 g/mol. The van der Waals surface area contributed by atoms with E-state index in [-0.39, 0.29) is 18.9 Å². The first kappa shape index (κ1) is 26.0. The van der Waals surface area contributed by atoms with E-state index < -0.39 is 36.4 Å². The van der Waals surface area contributed by atoms with Crippen LogP contribution in [0.5, 0.6) is 0 Å². The fourth-order valence-electron chi connectivity index (χ4n) is 4.05. The third-order valence-corrected chi connectivity index (χ3v) is 6.06. The summed E-state index contributed by atoms with van der Waals surface area (Å²) in [6.45, 7) is 2.14. The quantitative estimate of drug-likeness (QED) is 0.314. The highest BCUT2D eigenvalue weighted by atomic mass is 19.3. The molecule has 1 aliphatic rings.